The number of hydrogen-bond donors (Lipinski definition) is 2. The van der Waals surface area contributed by atoms with Gasteiger partial charge in [0.05, 0.1) is 23.4 Å². The first-order valence-corrected chi connectivity index (χ1v) is 10.2. The lowest BCUT2D eigenvalue weighted by Gasteiger charge is -2.36. The smallest absolute Gasteiger partial charge is 0.129 e. The molecule has 1 saturated heterocycles. The van der Waals surface area contributed by atoms with Gasteiger partial charge in [0, 0.05) is 47.6 Å². The molecule has 2 aromatic heterocycles. The van der Waals surface area contributed by atoms with Crippen molar-refractivity contribution in [2.45, 2.75) is 33.0 Å². The SMILES string of the molecule is CC1=C=C(c2n[nH]c3ccc(-c4ccn[nH]4)cc23)C=C(N2CC(C)OC(C)C2)N=C1. The number of benzene rings is 1. The Morgan fingerprint density at radius 2 is 1.97 bits per heavy atom. The quantitative estimate of drug-likeness (QED) is 0.653. The maximum atomic E-state index is 5.89. The van der Waals surface area contributed by atoms with Crippen LogP contribution in [-0.2, 0) is 4.74 Å². The summed E-state index contributed by atoms with van der Waals surface area (Å²) < 4.78 is 5.89. The van der Waals surface area contributed by atoms with Gasteiger partial charge in [0.15, 0.2) is 0 Å². The van der Waals surface area contributed by atoms with Crippen LogP contribution in [0.5, 0.6) is 0 Å². The fourth-order valence-corrected chi connectivity index (χ4v) is 4.08. The summed E-state index contributed by atoms with van der Waals surface area (Å²) in [7, 11) is 0. The predicted octanol–water partition coefficient (Wildman–Crippen LogP) is 3.92. The molecule has 2 aliphatic heterocycles. The molecule has 0 radical (unpaired) electrons. The van der Waals surface area contributed by atoms with E-state index in [4.69, 9.17) is 9.73 Å². The van der Waals surface area contributed by atoms with Crippen molar-refractivity contribution in [3.05, 3.63) is 59.4 Å². The molecule has 4 heterocycles. The minimum absolute atomic E-state index is 0.165. The molecule has 0 spiro atoms. The monoisotopic (exact) mass is 400 g/mol. The molecule has 152 valence electrons. The van der Waals surface area contributed by atoms with Crippen LogP contribution >= 0.6 is 0 Å². The Morgan fingerprint density at radius 3 is 2.73 bits per heavy atom. The Hall–Kier alpha value is -3.41. The molecule has 2 unspecified atom stereocenters. The van der Waals surface area contributed by atoms with Crippen LogP contribution in [0.25, 0.3) is 27.7 Å². The number of ether oxygens (including phenoxy) is 1. The average molecular weight is 400 g/mol. The Bertz CT molecular complexity index is 1200. The largest absolute Gasteiger partial charge is 0.372 e. The second-order valence-electron chi connectivity index (χ2n) is 7.95. The number of rotatable bonds is 3. The first kappa shape index (κ1) is 18.6. The predicted molar refractivity (Wildman–Crippen MR) is 118 cm³/mol. The van der Waals surface area contributed by atoms with E-state index in [1.165, 1.54) is 0 Å². The van der Waals surface area contributed by atoms with E-state index in [0.29, 0.717) is 0 Å². The van der Waals surface area contributed by atoms with E-state index < -0.39 is 0 Å². The highest BCUT2D eigenvalue weighted by molar-refractivity contribution is 5.96. The highest BCUT2D eigenvalue weighted by atomic mass is 16.5. The van der Waals surface area contributed by atoms with E-state index in [0.717, 1.165) is 57.9 Å². The summed E-state index contributed by atoms with van der Waals surface area (Å²) in [4.78, 5) is 7.01. The molecule has 1 aromatic carbocycles. The van der Waals surface area contributed by atoms with Gasteiger partial charge in [-0.25, -0.2) is 4.99 Å². The number of aliphatic imine (C=N–C) groups is 1. The maximum Gasteiger partial charge on any atom is 0.129 e. The van der Waals surface area contributed by atoms with E-state index >= 15 is 0 Å². The zero-order valence-electron chi connectivity index (χ0n) is 17.3. The van der Waals surface area contributed by atoms with E-state index in [-0.39, 0.29) is 12.2 Å². The van der Waals surface area contributed by atoms with Gasteiger partial charge in [-0.2, -0.15) is 10.2 Å². The molecule has 3 aromatic rings. The van der Waals surface area contributed by atoms with Gasteiger partial charge in [-0.15, -0.1) is 5.73 Å². The Labute approximate surface area is 174 Å². The number of fused-ring (bicyclic) bond motifs is 1. The molecule has 2 N–H and O–H groups in total. The van der Waals surface area contributed by atoms with Crippen LogP contribution in [-0.4, -0.2) is 56.8 Å². The van der Waals surface area contributed by atoms with Crippen LogP contribution in [0.1, 0.15) is 26.5 Å². The van der Waals surface area contributed by atoms with Crippen LogP contribution in [0.3, 0.4) is 0 Å². The third kappa shape index (κ3) is 3.49. The summed E-state index contributed by atoms with van der Waals surface area (Å²) in [6, 6.07) is 8.19. The minimum atomic E-state index is 0.165. The zero-order valence-corrected chi connectivity index (χ0v) is 17.3. The highest BCUT2D eigenvalue weighted by Gasteiger charge is 2.24. The molecule has 0 bridgehead atoms. The molecule has 7 heteroatoms. The van der Waals surface area contributed by atoms with Crippen molar-refractivity contribution in [3.8, 4) is 11.3 Å². The summed E-state index contributed by atoms with van der Waals surface area (Å²) in [6.45, 7) is 7.83. The molecule has 0 aliphatic carbocycles. The minimum Gasteiger partial charge on any atom is -0.372 e. The Morgan fingerprint density at radius 1 is 1.13 bits per heavy atom. The highest BCUT2D eigenvalue weighted by Crippen LogP contribution is 2.30. The molecule has 7 nitrogen and oxygen atoms in total. The molecule has 0 saturated carbocycles. The number of nitrogens with one attached hydrogen (secondary N) is 2. The fraction of sp³-hybridized carbons (Fsp3) is 0.304. The molecule has 1 fully saturated rings. The van der Waals surface area contributed by atoms with Gasteiger partial charge in [-0.3, -0.25) is 10.2 Å². The fourth-order valence-electron chi connectivity index (χ4n) is 4.08. The van der Waals surface area contributed by atoms with Crippen LogP contribution in [0.15, 0.2) is 58.7 Å². The first-order valence-electron chi connectivity index (χ1n) is 10.2. The number of allylic oxidation sites excluding steroid dienone is 2. The van der Waals surface area contributed by atoms with Crippen molar-refractivity contribution in [1.29, 1.82) is 0 Å². The second kappa shape index (κ2) is 7.44. The number of morpholine rings is 1. The van der Waals surface area contributed by atoms with Crippen molar-refractivity contribution in [2.75, 3.05) is 13.1 Å². The standard InChI is InChI=1S/C23H24N6O/c1-14-8-18(10-22(24-11-14)29-12-15(2)30-16(3)13-29)23-19-9-17(20-6-7-25-26-20)4-5-21(19)27-28-23/h4-7,9-11,15-16H,12-13H2,1-3H3,(H,25,26)(H,27,28). The van der Waals surface area contributed by atoms with Crippen molar-refractivity contribution in [2.24, 2.45) is 4.99 Å². The Kier molecular flexibility index (Phi) is 4.62. The molecule has 2 aliphatic rings. The van der Waals surface area contributed by atoms with Gasteiger partial charge in [0.2, 0.25) is 0 Å². The van der Waals surface area contributed by atoms with Gasteiger partial charge >= 0.3 is 0 Å². The number of H-pyrrole nitrogens is 2. The van der Waals surface area contributed by atoms with Crippen LogP contribution in [0, 0.1) is 0 Å². The number of hydrogen-bond acceptors (Lipinski definition) is 5. The normalized spacial score (nSPS) is 22.0. The van der Waals surface area contributed by atoms with E-state index in [2.05, 4.69) is 63.1 Å². The van der Waals surface area contributed by atoms with Crippen molar-refractivity contribution >= 4 is 22.7 Å². The summed E-state index contributed by atoms with van der Waals surface area (Å²) in [5, 5.41) is 15.9. The van der Waals surface area contributed by atoms with Crippen molar-refractivity contribution in [1.82, 2.24) is 25.3 Å². The summed E-state index contributed by atoms with van der Waals surface area (Å²) in [6.07, 6.45) is 6.03. The summed E-state index contributed by atoms with van der Waals surface area (Å²) in [5.41, 5.74) is 9.23. The van der Waals surface area contributed by atoms with Crippen molar-refractivity contribution < 1.29 is 4.74 Å². The number of aromatic amines is 2. The molecule has 0 amide bonds. The average Bonchev–Trinajstić information content (AvgIpc) is 3.35. The van der Waals surface area contributed by atoms with E-state index in [1.54, 1.807) is 6.20 Å². The van der Waals surface area contributed by atoms with Crippen LogP contribution in [0.4, 0.5) is 0 Å². The van der Waals surface area contributed by atoms with Gasteiger partial charge in [0.25, 0.3) is 0 Å². The van der Waals surface area contributed by atoms with Gasteiger partial charge in [0.1, 0.15) is 11.5 Å². The molecule has 2 atom stereocenters. The van der Waals surface area contributed by atoms with E-state index in [9.17, 15) is 0 Å². The van der Waals surface area contributed by atoms with Crippen molar-refractivity contribution in [3.63, 3.8) is 0 Å². The lowest BCUT2D eigenvalue weighted by molar-refractivity contribution is -0.0580. The summed E-state index contributed by atoms with van der Waals surface area (Å²) in [5.74, 6) is 0.914. The topological polar surface area (TPSA) is 82.2 Å². The zero-order chi connectivity index (χ0) is 20.7. The number of nitrogens with zero attached hydrogens (tertiary/aromatic N) is 4. The lowest BCUT2D eigenvalue weighted by Crippen LogP contribution is -2.44. The van der Waals surface area contributed by atoms with Gasteiger partial charge < -0.3 is 9.64 Å². The van der Waals surface area contributed by atoms with Crippen LogP contribution < -0.4 is 0 Å². The van der Waals surface area contributed by atoms with Crippen LogP contribution in [0.2, 0.25) is 0 Å². The molecular weight excluding hydrogens is 376 g/mol. The van der Waals surface area contributed by atoms with E-state index in [1.807, 2.05) is 25.3 Å². The van der Waals surface area contributed by atoms with Gasteiger partial charge in [-0.05, 0) is 45.0 Å². The number of aromatic nitrogens is 4. The van der Waals surface area contributed by atoms with Gasteiger partial charge in [-0.1, -0.05) is 6.07 Å². The second-order valence-corrected chi connectivity index (χ2v) is 7.95. The first-order chi connectivity index (χ1) is 14.6. The third-order valence-corrected chi connectivity index (χ3v) is 5.37. The summed E-state index contributed by atoms with van der Waals surface area (Å²) >= 11 is 0. The Balaban J connectivity index is 1.58. The molecule has 30 heavy (non-hydrogen) atoms. The third-order valence-electron chi connectivity index (χ3n) is 5.37. The molecular formula is C23H24N6O. The maximum absolute atomic E-state index is 5.89. The lowest BCUT2D eigenvalue weighted by atomic mass is 10.0. The molecule has 5 rings (SSSR count).